The average molecular weight is 266 g/mol. The third kappa shape index (κ3) is 4.47. The minimum atomic E-state index is -0.845. The average Bonchev–Trinajstić information content (AvgIpc) is 2.35. The van der Waals surface area contributed by atoms with Gasteiger partial charge in [-0.1, -0.05) is 32.6 Å². The number of terminal acetylenes is 1. The Morgan fingerprint density at radius 1 is 1.32 bits per heavy atom. The molecule has 1 fully saturated rings. The molecule has 3 unspecified atom stereocenters. The molecule has 0 bridgehead atoms. The molecular formula is C14H22N2O3. The monoisotopic (exact) mass is 266 g/mol. The van der Waals surface area contributed by atoms with Gasteiger partial charge in [0.25, 0.3) is 0 Å². The van der Waals surface area contributed by atoms with Crippen LogP contribution in [0, 0.1) is 24.2 Å². The van der Waals surface area contributed by atoms with E-state index in [1.165, 1.54) is 0 Å². The van der Waals surface area contributed by atoms with Crippen LogP contribution in [0.4, 0.5) is 4.79 Å². The summed E-state index contributed by atoms with van der Waals surface area (Å²) in [4.78, 5) is 23.0. The second kappa shape index (κ2) is 7.03. The number of nitrogens with one attached hydrogen (secondary N) is 2. The highest BCUT2D eigenvalue weighted by molar-refractivity contribution is 5.77. The molecule has 1 aliphatic carbocycles. The molecule has 0 heterocycles. The topological polar surface area (TPSA) is 78.4 Å². The fourth-order valence-electron chi connectivity index (χ4n) is 2.35. The number of urea groups is 1. The van der Waals surface area contributed by atoms with Crippen LogP contribution in [-0.2, 0) is 4.79 Å². The molecular weight excluding hydrogens is 244 g/mol. The van der Waals surface area contributed by atoms with E-state index >= 15 is 0 Å². The summed E-state index contributed by atoms with van der Waals surface area (Å²) in [5.74, 6) is 1.31. The summed E-state index contributed by atoms with van der Waals surface area (Å²) in [6, 6.07) is -1.03. The molecule has 3 N–H and O–H groups in total. The highest BCUT2D eigenvalue weighted by Crippen LogP contribution is 2.24. The van der Waals surface area contributed by atoms with Gasteiger partial charge in [0.15, 0.2) is 0 Å². The van der Waals surface area contributed by atoms with Crippen molar-refractivity contribution in [3.63, 3.8) is 0 Å². The van der Waals surface area contributed by atoms with E-state index < -0.39 is 11.9 Å². The smallest absolute Gasteiger partial charge is 0.316 e. The number of amides is 2. The van der Waals surface area contributed by atoms with Gasteiger partial charge in [0.05, 0.1) is 12.0 Å². The lowest BCUT2D eigenvalue weighted by Crippen LogP contribution is -2.51. The van der Waals surface area contributed by atoms with Crippen molar-refractivity contribution in [1.29, 1.82) is 0 Å². The number of carboxylic acids is 1. The van der Waals surface area contributed by atoms with Gasteiger partial charge in [-0.2, -0.15) is 0 Å². The molecule has 0 aromatic carbocycles. The van der Waals surface area contributed by atoms with Crippen LogP contribution in [0.2, 0.25) is 0 Å². The van der Waals surface area contributed by atoms with Gasteiger partial charge < -0.3 is 15.7 Å². The summed E-state index contributed by atoms with van der Waals surface area (Å²) in [6.45, 7) is 3.84. The first-order chi connectivity index (χ1) is 8.95. The zero-order valence-electron chi connectivity index (χ0n) is 11.5. The van der Waals surface area contributed by atoms with Crippen LogP contribution in [0.15, 0.2) is 0 Å². The molecule has 0 spiro atoms. The Bertz CT molecular complexity index is 373. The van der Waals surface area contributed by atoms with Gasteiger partial charge in [0, 0.05) is 6.04 Å². The minimum absolute atomic E-state index is 0.136. The van der Waals surface area contributed by atoms with Gasteiger partial charge in [-0.25, -0.2) is 4.79 Å². The Morgan fingerprint density at radius 2 is 1.95 bits per heavy atom. The van der Waals surface area contributed by atoms with E-state index in [0.717, 1.165) is 12.8 Å². The standard InChI is InChI=1S/C14H22N2O3/c1-4-11(9(2)3)15-14(19)16-12-8-6-5-7-10(12)13(17)18/h1,9-12H,5-8H2,2-3H3,(H,17,18)(H2,15,16,19). The van der Waals surface area contributed by atoms with Gasteiger partial charge in [-0.05, 0) is 18.8 Å². The van der Waals surface area contributed by atoms with Crippen LogP contribution >= 0.6 is 0 Å². The number of hydrogen-bond acceptors (Lipinski definition) is 2. The molecule has 5 nitrogen and oxygen atoms in total. The Labute approximate surface area is 114 Å². The molecule has 0 saturated heterocycles. The molecule has 106 valence electrons. The van der Waals surface area contributed by atoms with Crippen LogP contribution in [0.3, 0.4) is 0 Å². The Balaban J connectivity index is 2.55. The fraction of sp³-hybridized carbons (Fsp3) is 0.714. The second-order valence-electron chi connectivity index (χ2n) is 5.34. The number of hydrogen-bond donors (Lipinski definition) is 3. The third-order valence-corrected chi connectivity index (χ3v) is 3.53. The van der Waals surface area contributed by atoms with Crippen LogP contribution in [0.5, 0.6) is 0 Å². The van der Waals surface area contributed by atoms with E-state index in [-0.39, 0.29) is 24.0 Å². The number of aliphatic carboxylic acids is 1. The zero-order chi connectivity index (χ0) is 14.4. The van der Waals surface area contributed by atoms with E-state index in [1.54, 1.807) is 0 Å². The highest BCUT2D eigenvalue weighted by atomic mass is 16.4. The number of carbonyl (C=O) groups is 2. The molecule has 3 atom stereocenters. The highest BCUT2D eigenvalue weighted by Gasteiger charge is 2.32. The summed E-state index contributed by atoms with van der Waals surface area (Å²) in [6.07, 6.45) is 8.50. The first-order valence-electron chi connectivity index (χ1n) is 6.71. The van der Waals surface area contributed by atoms with E-state index in [4.69, 9.17) is 11.5 Å². The lowest BCUT2D eigenvalue weighted by Gasteiger charge is -2.30. The van der Waals surface area contributed by atoms with Crippen molar-refractivity contribution < 1.29 is 14.7 Å². The van der Waals surface area contributed by atoms with E-state index in [0.29, 0.717) is 12.8 Å². The summed E-state index contributed by atoms with van der Waals surface area (Å²) < 4.78 is 0. The van der Waals surface area contributed by atoms with Crippen molar-refractivity contribution >= 4 is 12.0 Å². The van der Waals surface area contributed by atoms with Crippen LogP contribution in [0.1, 0.15) is 39.5 Å². The molecule has 19 heavy (non-hydrogen) atoms. The second-order valence-corrected chi connectivity index (χ2v) is 5.34. The molecule has 1 rings (SSSR count). The van der Waals surface area contributed by atoms with Crippen molar-refractivity contribution in [3.05, 3.63) is 0 Å². The molecule has 0 aromatic heterocycles. The zero-order valence-corrected chi connectivity index (χ0v) is 11.5. The van der Waals surface area contributed by atoms with Crippen molar-refractivity contribution in [3.8, 4) is 12.3 Å². The Hall–Kier alpha value is -1.70. The molecule has 5 heteroatoms. The van der Waals surface area contributed by atoms with Gasteiger partial charge >= 0.3 is 12.0 Å². The van der Waals surface area contributed by atoms with Gasteiger partial charge in [0.1, 0.15) is 0 Å². The maximum atomic E-state index is 11.8. The van der Waals surface area contributed by atoms with E-state index in [9.17, 15) is 9.59 Å². The minimum Gasteiger partial charge on any atom is -0.481 e. The lowest BCUT2D eigenvalue weighted by molar-refractivity contribution is -0.143. The summed E-state index contributed by atoms with van der Waals surface area (Å²) >= 11 is 0. The van der Waals surface area contributed by atoms with Crippen LogP contribution < -0.4 is 10.6 Å². The van der Waals surface area contributed by atoms with Crippen LogP contribution in [-0.4, -0.2) is 29.2 Å². The summed E-state index contributed by atoms with van der Waals surface area (Å²) in [5.41, 5.74) is 0. The van der Waals surface area contributed by atoms with Crippen molar-refractivity contribution in [1.82, 2.24) is 10.6 Å². The SMILES string of the molecule is C#CC(NC(=O)NC1CCCCC1C(=O)O)C(C)C. The summed E-state index contributed by atoms with van der Waals surface area (Å²) in [7, 11) is 0. The molecule has 1 aliphatic rings. The Morgan fingerprint density at radius 3 is 2.47 bits per heavy atom. The van der Waals surface area contributed by atoms with Gasteiger partial charge in [-0.3, -0.25) is 4.79 Å². The lowest BCUT2D eigenvalue weighted by atomic mass is 9.84. The summed E-state index contributed by atoms with van der Waals surface area (Å²) in [5, 5.41) is 14.6. The van der Waals surface area contributed by atoms with Gasteiger partial charge in [0.2, 0.25) is 0 Å². The van der Waals surface area contributed by atoms with Crippen LogP contribution in [0.25, 0.3) is 0 Å². The number of carbonyl (C=O) groups excluding carboxylic acids is 1. The molecule has 0 radical (unpaired) electrons. The third-order valence-electron chi connectivity index (χ3n) is 3.53. The molecule has 2 amide bonds. The number of carboxylic acid groups (broad SMARTS) is 1. The molecule has 0 aliphatic heterocycles. The maximum Gasteiger partial charge on any atom is 0.316 e. The first-order valence-corrected chi connectivity index (χ1v) is 6.71. The predicted molar refractivity (Wildman–Crippen MR) is 72.5 cm³/mol. The molecule has 1 saturated carbocycles. The quantitative estimate of drug-likeness (QED) is 0.676. The van der Waals surface area contributed by atoms with Crippen molar-refractivity contribution in [2.24, 2.45) is 11.8 Å². The largest absolute Gasteiger partial charge is 0.481 e. The Kier molecular flexibility index (Phi) is 5.68. The van der Waals surface area contributed by atoms with Crippen molar-refractivity contribution in [2.75, 3.05) is 0 Å². The predicted octanol–water partition coefficient (Wildman–Crippen LogP) is 1.59. The fourth-order valence-corrected chi connectivity index (χ4v) is 2.35. The van der Waals surface area contributed by atoms with Gasteiger partial charge in [-0.15, -0.1) is 6.42 Å². The van der Waals surface area contributed by atoms with E-state index in [2.05, 4.69) is 16.6 Å². The number of rotatable bonds is 4. The van der Waals surface area contributed by atoms with E-state index in [1.807, 2.05) is 13.8 Å². The molecule has 0 aromatic rings. The first kappa shape index (κ1) is 15.4. The normalized spacial score (nSPS) is 24.3. The van der Waals surface area contributed by atoms with Crippen molar-refractivity contribution in [2.45, 2.75) is 51.6 Å². The maximum absolute atomic E-state index is 11.8.